The number of ether oxygens (including phenoxy) is 1. The molecule has 0 fully saturated rings. The van der Waals surface area contributed by atoms with E-state index in [1.54, 1.807) is 6.26 Å². The Morgan fingerprint density at radius 3 is 2.86 bits per heavy atom. The number of benzene rings is 1. The number of nitrogens with one attached hydrogen (secondary N) is 1. The molecule has 1 N–H and O–H groups in total. The summed E-state index contributed by atoms with van der Waals surface area (Å²) in [5, 5.41) is 3.64. The predicted molar refractivity (Wildman–Crippen MR) is 83.5 cm³/mol. The highest BCUT2D eigenvalue weighted by molar-refractivity contribution is 5.87. The number of hydrogen-bond acceptors (Lipinski definition) is 4. The number of aryl methyl sites for hydroxylation is 1. The number of rotatable bonds is 6. The minimum absolute atomic E-state index is 0.0762. The number of esters is 1. The first-order valence-corrected chi connectivity index (χ1v) is 7.41. The van der Waals surface area contributed by atoms with E-state index in [9.17, 15) is 9.59 Å². The number of furan rings is 1. The summed E-state index contributed by atoms with van der Waals surface area (Å²) >= 11 is 0. The average molecular weight is 303 g/mol. The van der Waals surface area contributed by atoms with E-state index in [1.807, 2.05) is 39.0 Å². The molecule has 1 aromatic heterocycles. The first kappa shape index (κ1) is 16.1. The second kappa shape index (κ2) is 7.11. The second-order valence-electron chi connectivity index (χ2n) is 5.47. The molecule has 1 aromatic carbocycles. The van der Waals surface area contributed by atoms with Crippen LogP contribution >= 0.6 is 0 Å². The van der Waals surface area contributed by atoms with Gasteiger partial charge < -0.3 is 14.5 Å². The summed E-state index contributed by atoms with van der Waals surface area (Å²) in [5.41, 5.74) is 2.61. The number of fused-ring (bicyclic) bond motifs is 1. The van der Waals surface area contributed by atoms with Crippen molar-refractivity contribution in [1.82, 2.24) is 5.32 Å². The van der Waals surface area contributed by atoms with Crippen LogP contribution in [0.15, 0.2) is 28.9 Å². The highest BCUT2D eigenvalue weighted by Gasteiger charge is 2.13. The number of hydrogen-bond donors (Lipinski definition) is 1. The molecule has 5 heteroatoms. The van der Waals surface area contributed by atoms with E-state index in [0.717, 1.165) is 28.5 Å². The van der Waals surface area contributed by atoms with Gasteiger partial charge in [0.1, 0.15) is 5.58 Å². The summed E-state index contributed by atoms with van der Waals surface area (Å²) in [6.07, 6.45) is 2.48. The van der Waals surface area contributed by atoms with Crippen LogP contribution in [0, 0.1) is 6.92 Å². The van der Waals surface area contributed by atoms with E-state index in [4.69, 9.17) is 9.15 Å². The number of carbonyl (C=O) groups is 2. The molecule has 1 atom stereocenters. The van der Waals surface area contributed by atoms with Crippen molar-refractivity contribution in [2.75, 3.05) is 6.61 Å². The van der Waals surface area contributed by atoms with Gasteiger partial charge in [-0.2, -0.15) is 0 Å². The van der Waals surface area contributed by atoms with Crippen molar-refractivity contribution in [3.63, 3.8) is 0 Å². The molecule has 0 aliphatic heterocycles. The van der Waals surface area contributed by atoms with Gasteiger partial charge in [-0.25, -0.2) is 0 Å². The van der Waals surface area contributed by atoms with Gasteiger partial charge in [-0.15, -0.1) is 0 Å². The van der Waals surface area contributed by atoms with E-state index >= 15 is 0 Å². The lowest BCUT2D eigenvalue weighted by molar-refractivity contribution is -0.148. The van der Waals surface area contributed by atoms with E-state index in [0.29, 0.717) is 0 Å². The third-order valence-electron chi connectivity index (χ3n) is 3.53. The van der Waals surface area contributed by atoms with Gasteiger partial charge in [0.25, 0.3) is 5.91 Å². The molecule has 1 amide bonds. The summed E-state index contributed by atoms with van der Waals surface area (Å²) in [6.45, 7) is 5.60. The zero-order valence-electron chi connectivity index (χ0n) is 13.1. The first-order chi connectivity index (χ1) is 10.5. The van der Waals surface area contributed by atoms with Crippen LogP contribution in [0.5, 0.6) is 0 Å². The molecule has 2 rings (SSSR count). The van der Waals surface area contributed by atoms with Crippen molar-refractivity contribution in [3.05, 3.63) is 35.6 Å². The zero-order chi connectivity index (χ0) is 16.1. The lowest BCUT2D eigenvalue weighted by Crippen LogP contribution is -2.35. The summed E-state index contributed by atoms with van der Waals surface area (Å²) in [6, 6.07) is 5.88. The van der Waals surface area contributed by atoms with Crippen molar-refractivity contribution in [2.45, 2.75) is 39.7 Å². The molecule has 0 saturated carbocycles. The molecular weight excluding hydrogens is 282 g/mol. The monoisotopic (exact) mass is 303 g/mol. The van der Waals surface area contributed by atoms with Crippen LogP contribution in [0.4, 0.5) is 0 Å². The molecule has 0 spiro atoms. The van der Waals surface area contributed by atoms with Gasteiger partial charge in [-0.05, 0) is 31.9 Å². The molecule has 0 unspecified atom stereocenters. The molecule has 0 saturated heterocycles. The Morgan fingerprint density at radius 2 is 2.14 bits per heavy atom. The highest BCUT2D eigenvalue weighted by Crippen LogP contribution is 2.22. The minimum atomic E-state index is -0.442. The molecule has 1 heterocycles. The van der Waals surface area contributed by atoms with Crippen LogP contribution in [0.2, 0.25) is 0 Å². The Hall–Kier alpha value is -2.30. The Morgan fingerprint density at radius 1 is 1.36 bits per heavy atom. The lowest BCUT2D eigenvalue weighted by Gasteiger charge is -2.11. The van der Waals surface area contributed by atoms with E-state index in [1.165, 1.54) is 0 Å². The van der Waals surface area contributed by atoms with Crippen LogP contribution in [-0.4, -0.2) is 24.5 Å². The Bertz CT molecular complexity index is 674. The third kappa shape index (κ3) is 4.10. The third-order valence-corrected chi connectivity index (χ3v) is 3.53. The van der Waals surface area contributed by atoms with Crippen LogP contribution in [0.1, 0.15) is 31.4 Å². The topological polar surface area (TPSA) is 68.5 Å². The fourth-order valence-corrected chi connectivity index (χ4v) is 2.10. The molecule has 2 aromatic rings. The molecule has 0 aliphatic rings. The van der Waals surface area contributed by atoms with Gasteiger partial charge in [0.05, 0.1) is 12.7 Å². The largest absolute Gasteiger partial charge is 0.464 e. The molecular formula is C17H21NO4. The molecule has 5 nitrogen and oxygen atoms in total. The summed E-state index contributed by atoms with van der Waals surface area (Å²) < 4.78 is 10.4. The van der Waals surface area contributed by atoms with Crippen molar-refractivity contribution in [2.24, 2.45) is 0 Å². The molecule has 0 aliphatic carbocycles. The fourth-order valence-electron chi connectivity index (χ4n) is 2.10. The quantitative estimate of drug-likeness (QED) is 0.833. The van der Waals surface area contributed by atoms with Gasteiger partial charge in [0.2, 0.25) is 0 Å². The molecule has 0 bridgehead atoms. The summed E-state index contributed by atoms with van der Waals surface area (Å²) in [5.74, 6) is -0.724. The second-order valence-corrected chi connectivity index (χ2v) is 5.47. The van der Waals surface area contributed by atoms with Gasteiger partial charge >= 0.3 is 5.97 Å². The standard InChI is InChI=1S/C17H21NO4/c1-4-12(3)18-16(19)10-22-17(20)8-13-9-21-15-7-11(2)5-6-14(13)15/h5-7,9,12H,4,8,10H2,1-3H3,(H,18,19)/t12-/m0/s1. The van der Waals surface area contributed by atoms with E-state index in [2.05, 4.69) is 5.32 Å². The van der Waals surface area contributed by atoms with E-state index < -0.39 is 5.97 Å². The summed E-state index contributed by atoms with van der Waals surface area (Å²) in [4.78, 5) is 23.4. The SMILES string of the molecule is CC[C@H](C)NC(=O)COC(=O)Cc1coc2cc(C)ccc12. The zero-order valence-corrected chi connectivity index (χ0v) is 13.1. The minimum Gasteiger partial charge on any atom is -0.464 e. The maximum Gasteiger partial charge on any atom is 0.310 e. The normalized spacial score (nSPS) is 12.1. The molecule has 22 heavy (non-hydrogen) atoms. The smallest absolute Gasteiger partial charge is 0.310 e. The maximum absolute atomic E-state index is 11.8. The number of amides is 1. The van der Waals surface area contributed by atoms with Crippen molar-refractivity contribution >= 4 is 22.8 Å². The number of carbonyl (C=O) groups excluding carboxylic acids is 2. The van der Waals surface area contributed by atoms with Crippen molar-refractivity contribution < 1.29 is 18.7 Å². The molecule has 118 valence electrons. The van der Waals surface area contributed by atoms with Crippen LogP contribution in [0.3, 0.4) is 0 Å². The van der Waals surface area contributed by atoms with Gasteiger partial charge in [-0.1, -0.05) is 19.1 Å². The van der Waals surface area contributed by atoms with E-state index in [-0.39, 0.29) is 25.0 Å². The van der Waals surface area contributed by atoms with Crippen molar-refractivity contribution in [3.8, 4) is 0 Å². The van der Waals surface area contributed by atoms with Crippen molar-refractivity contribution in [1.29, 1.82) is 0 Å². The predicted octanol–water partition coefficient (Wildman–Crippen LogP) is 2.74. The average Bonchev–Trinajstić information content (AvgIpc) is 2.87. The van der Waals surface area contributed by atoms with Crippen LogP contribution < -0.4 is 5.32 Å². The Balaban J connectivity index is 1.90. The van der Waals surface area contributed by atoms with Gasteiger partial charge in [0.15, 0.2) is 6.61 Å². The first-order valence-electron chi connectivity index (χ1n) is 7.41. The van der Waals surface area contributed by atoms with Crippen LogP contribution in [0.25, 0.3) is 11.0 Å². The Labute approximate surface area is 129 Å². The van der Waals surface area contributed by atoms with Crippen LogP contribution in [-0.2, 0) is 20.7 Å². The fraction of sp³-hybridized carbons (Fsp3) is 0.412. The molecule has 0 radical (unpaired) electrons. The lowest BCUT2D eigenvalue weighted by atomic mass is 10.1. The van der Waals surface area contributed by atoms with Gasteiger partial charge in [-0.3, -0.25) is 9.59 Å². The Kier molecular flexibility index (Phi) is 5.20. The van der Waals surface area contributed by atoms with Gasteiger partial charge in [0, 0.05) is 17.0 Å². The maximum atomic E-state index is 11.8. The summed E-state index contributed by atoms with van der Waals surface area (Å²) in [7, 11) is 0. The highest BCUT2D eigenvalue weighted by atomic mass is 16.5.